The van der Waals surface area contributed by atoms with Crippen molar-refractivity contribution in [2.75, 3.05) is 15.9 Å². The standard InChI is InChI=1S/C18H17N3O3S/c1-13(22)14-3-2-4-17(9-14)20-12-25(23,24)21-18-6-5-16-11-19-8-7-15(16)10-18/h2-11,20-21H,12H2,1H3. The topological polar surface area (TPSA) is 88.2 Å². The number of rotatable bonds is 6. The van der Waals surface area contributed by atoms with Crippen LogP contribution in [0.15, 0.2) is 60.9 Å². The first-order valence-electron chi connectivity index (χ1n) is 7.62. The van der Waals surface area contributed by atoms with Crippen LogP contribution in [-0.2, 0) is 10.0 Å². The smallest absolute Gasteiger partial charge is 0.250 e. The monoisotopic (exact) mass is 355 g/mol. The number of aromatic nitrogens is 1. The van der Waals surface area contributed by atoms with E-state index in [1.165, 1.54) is 6.92 Å². The van der Waals surface area contributed by atoms with Crippen molar-refractivity contribution < 1.29 is 13.2 Å². The van der Waals surface area contributed by atoms with Gasteiger partial charge in [-0.05, 0) is 42.6 Å². The molecule has 7 heteroatoms. The molecule has 3 aromatic rings. The first-order valence-corrected chi connectivity index (χ1v) is 9.27. The van der Waals surface area contributed by atoms with Gasteiger partial charge in [0, 0.05) is 34.7 Å². The third-order valence-electron chi connectivity index (χ3n) is 3.65. The Kier molecular flexibility index (Phi) is 4.67. The third kappa shape index (κ3) is 4.33. The molecule has 0 aliphatic rings. The van der Waals surface area contributed by atoms with Crippen LogP contribution >= 0.6 is 0 Å². The van der Waals surface area contributed by atoms with E-state index in [1.807, 2.05) is 12.1 Å². The number of benzene rings is 2. The average molecular weight is 355 g/mol. The van der Waals surface area contributed by atoms with Gasteiger partial charge in [-0.15, -0.1) is 0 Å². The minimum absolute atomic E-state index is 0.0738. The molecule has 0 saturated heterocycles. The second-order valence-corrected chi connectivity index (χ2v) is 7.33. The number of nitrogens with one attached hydrogen (secondary N) is 2. The minimum Gasteiger partial charge on any atom is -0.370 e. The molecule has 0 amide bonds. The number of fused-ring (bicyclic) bond motifs is 1. The lowest BCUT2D eigenvalue weighted by Gasteiger charge is -2.11. The number of sulfonamides is 1. The molecule has 0 bridgehead atoms. The summed E-state index contributed by atoms with van der Waals surface area (Å²) in [7, 11) is -3.60. The number of carbonyl (C=O) groups excluding carboxylic acids is 1. The van der Waals surface area contributed by atoms with Gasteiger partial charge < -0.3 is 5.32 Å². The maximum atomic E-state index is 12.3. The molecule has 1 heterocycles. The van der Waals surface area contributed by atoms with Crippen LogP contribution in [0.3, 0.4) is 0 Å². The van der Waals surface area contributed by atoms with E-state index in [2.05, 4.69) is 15.0 Å². The second-order valence-electron chi connectivity index (χ2n) is 5.61. The van der Waals surface area contributed by atoms with Gasteiger partial charge in [0.2, 0.25) is 0 Å². The summed E-state index contributed by atoms with van der Waals surface area (Å²) in [6, 6.07) is 13.8. The fourth-order valence-corrected chi connectivity index (χ4v) is 3.30. The van der Waals surface area contributed by atoms with Crippen molar-refractivity contribution in [1.29, 1.82) is 0 Å². The Hall–Kier alpha value is -2.93. The van der Waals surface area contributed by atoms with E-state index in [4.69, 9.17) is 0 Å². The quantitative estimate of drug-likeness (QED) is 0.663. The number of ketones is 1. The van der Waals surface area contributed by atoms with Crippen LogP contribution in [0.5, 0.6) is 0 Å². The zero-order chi connectivity index (χ0) is 17.9. The zero-order valence-electron chi connectivity index (χ0n) is 13.6. The van der Waals surface area contributed by atoms with Crippen molar-refractivity contribution in [3.05, 3.63) is 66.5 Å². The molecule has 0 saturated carbocycles. The Morgan fingerprint density at radius 2 is 1.88 bits per heavy atom. The van der Waals surface area contributed by atoms with Crippen molar-refractivity contribution in [3.8, 4) is 0 Å². The lowest BCUT2D eigenvalue weighted by Crippen LogP contribution is -2.22. The lowest BCUT2D eigenvalue weighted by molar-refractivity contribution is 0.101. The number of pyridine rings is 1. The van der Waals surface area contributed by atoms with Gasteiger partial charge in [-0.2, -0.15) is 0 Å². The molecule has 3 rings (SSSR count). The van der Waals surface area contributed by atoms with E-state index in [9.17, 15) is 13.2 Å². The number of hydrogen-bond donors (Lipinski definition) is 2. The van der Waals surface area contributed by atoms with Gasteiger partial charge >= 0.3 is 0 Å². The Morgan fingerprint density at radius 3 is 2.68 bits per heavy atom. The van der Waals surface area contributed by atoms with E-state index in [-0.39, 0.29) is 11.7 Å². The highest BCUT2D eigenvalue weighted by Gasteiger charge is 2.11. The van der Waals surface area contributed by atoms with Crippen LogP contribution in [0.4, 0.5) is 11.4 Å². The summed E-state index contributed by atoms with van der Waals surface area (Å²) in [4.78, 5) is 15.4. The lowest BCUT2D eigenvalue weighted by atomic mass is 10.1. The summed E-state index contributed by atoms with van der Waals surface area (Å²) in [5.41, 5.74) is 1.58. The van der Waals surface area contributed by atoms with Crippen molar-refractivity contribution in [1.82, 2.24) is 4.98 Å². The van der Waals surface area contributed by atoms with E-state index in [1.54, 1.807) is 48.8 Å². The summed E-state index contributed by atoms with van der Waals surface area (Å²) in [5, 5.41) is 4.66. The fraction of sp³-hybridized carbons (Fsp3) is 0.111. The largest absolute Gasteiger partial charge is 0.370 e. The summed E-state index contributed by atoms with van der Waals surface area (Å²) >= 11 is 0. The molecular weight excluding hydrogens is 338 g/mol. The van der Waals surface area contributed by atoms with E-state index in [0.29, 0.717) is 16.9 Å². The maximum Gasteiger partial charge on any atom is 0.250 e. The Bertz CT molecular complexity index is 1030. The van der Waals surface area contributed by atoms with Gasteiger partial charge in [-0.3, -0.25) is 14.5 Å². The Morgan fingerprint density at radius 1 is 1.04 bits per heavy atom. The molecule has 0 aliphatic carbocycles. The molecule has 0 unspecified atom stereocenters. The molecule has 6 nitrogen and oxygen atoms in total. The predicted octanol–water partition coefficient (Wildman–Crippen LogP) is 3.25. The van der Waals surface area contributed by atoms with Gasteiger partial charge in [-0.25, -0.2) is 8.42 Å². The van der Waals surface area contributed by atoms with Gasteiger partial charge in [-0.1, -0.05) is 18.2 Å². The van der Waals surface area contributed by atoms with Crippen molar-refractivity contribution in [2.24, 2.45) is 0 Å². The SMILES string of the molecule is CC(=O)c1cccc(NCS(=O)(=O)Nc2ccc3cnccc3c2)c1. The van der Waals surface area contributed by atoms with Crippen LogP contribution < -0.4 is 10.0 Å². The molecule has 0 radical (unpaired) electrons. The summed E-state index contributed by atoms with van der Waals surface area (Å²) < 4.78 is 27.1. The summed E-state index contributed by atoms with van der Waals surface area (Å²) in [5.74, 6) is -0.377. The summed E-state index contributed by atoms with van der Waals surface area (Å²) in [6.07, 6.45) is 3.38. The molecule has 2 aromatic carbocycles. The highest BCUT2D eigenvalue weighted by atomic mass is 32.2. The molecule has 0 aliphatic heterocycles. The third-order valence-corrected chi connectivity index (χ3v) is 4.72. The van der Waals surface area contributed by atoms with Crippen LogP contribution in [0.2, 0.25) is 0 Å². The molecule has 2 N–H and O–H groups in total. The fourth-order valence-electron chi connectivity index (χ4n) is 2.39. The van der Waals surface area contributed by atoms with E-state index < -0.39 is 10.0 Å². The number of anilines is 2. The van der Waals surface area contributed by atoms with Crippen LogP contribution in [-0.4, -0.2) is 25.1 Å². The Balaban J connectivity index is 1.71. The van der Waals surface area contributed by atoms with Crippen molar-refractivity contribution in [3.63, 3.8) is 0 Å². The molecule has 0 fully saturated rings. The second kappa shape index (κ2) is 6.90. The zero-order valence-corrected chi connectivity index (χ0v) is 14.4. The van der Waals surface area contributed by atoms with Gasteiger partial charge in [0.25, 0.3) is 10.0 Å². The van der Waals surface area contributed by atoms with Crippen LogP contribution in [0, 0.1) is 0 Å². The minimum atomic E-state index is -3.60. The highest BCUT2D eigenvalue weighted by Crippen LogP contribution is 2.19. The molecule has 25 heavy (non-hydrogen) atoms. The maximum absolute atomic E-state index is 12.3. The molecule has 128 valence electrons. The highest BCUT2D eigenvalue weighted by molar-refractivity contribution is 7.92. The Labute approximate surface area is 146 Å². The van der Waals surface area contributed by atoms with Gasteiger partial charge in [0.1, 0.15) is 5.88 Å². The molecular formula is C18H17N3O3S. The normalized spacial score (nSPS) is 11.2. The number of hydrogen-bond acceptors (Lipinski definition) is 5. The van der Waals surface area contributed by atoms with E-state index in [0.717, 1.165) is 10.8 Å². The number of nitrogens with zero attached hydrogens (tertiary/aromatic N) is 1. The number of carbonyl (C=O) groups is 1. The molecule has 0 atom stereocenters. The van der Waals surface area contributed by atoms with E-state index >= 15 is 0 Å². The first-order chi connectivity index (χ1) is 11.9. The van der Waals surface area contributed by atoms with Gasteiger partial charge in [0.05, 0.1) is 0 Å². The number of Topliss-reactive ketones (excluding diaryl/α,β-unsaturated/α-hetero) is 1. The van der Waals surface area contributed by atoms with Gasteiger partial charge in [0.15, 0.2) is 5.78 Å². The predicted molar refractivity (Wildman–Crippen MR) is 99.2 cm³/mol. The molecule has 0 spiro atoms. The van der Waals surface area contributed by atoms with Crippen molar-refractivity contribution in [2.45, 2.75) is 6.92 Å². The summed E-state index contributed by atoms with van der Waals surface area (Å²) in [6.45, 7) is 1.46. The first kappa shape index (κ1) is 16.9. The van der Waals surface area contributed by atoms with Crippen molar-refractivity contribution >= 4 is 38.0 Å². The van der Waals surface area contributed by atoms with Crippen LogP contribution in [0.25, 0.3) is 10.8 Å². The molecule has 1 aromatic heterocycles. The van der Waals surface area contributed by atoms with Crippen LogP contribution in [0.1, 0.15) is 17.3 Å². The average Bonchev–Trinajstić information content (AvgIpc) is 2.60.